The first-order chi connectivity index (χ1) is 11.6. The van der Waals surface area contributed by atoms with Crippen molar-refractivity contribution in [2.45, 2.75) is 32.7 Å². The molecule has 0 bridgehead atoms. The zero-order valence-electron chi connectivity index (χ0n) is 13.7. The van der Waals surface area contributed by atoms with Crippen LogP contribution in [0.3, 0.4) is 0 Å². The molecule has 6 nitrogen and oxygen atoms in total. The maximum atomic E-state index is 12.0. The lowest BCUT2D eigenvalue weighted by atomic mass is 10.1. The van der Waals surface area contributed by atoms with Crippen molar-refractivity contribution in [1.82, 2.24) is 0 Å². The molecule has 0 aliphatic heterocycles. The van der Waals surface area contributed by atoms with Crippen LogP contribution in [-0.4, -0.2) is 42.7 Å². The van der Waals surface area contributed by atoms with Gasteiger partial charge in [-0.2, -0.15) is 0 Å². The molecule has 0 aromatic heterocycles. The van der Waals surface area contributed by atoms with Crippen LogP contribution < -0.4 is 4.74 Å². The fraction of sp³-hybridized carbons (Fsp3) is 0.500. The standard InChI is InChI=1S/C16H19F3O6/c1-3-10(2)14(21)23-8-12(20)9-24-15(22)11-4-6-13(7-5-11)25-16(17,18)19/h4-7,10,12,20H,3,8-9H2,1-2H3. The van der Waals surface area contributed by atoms with E-state index in [1.807, 2.05) is 6.92 Å². The number of carbonyl (C=O) groups is 2. The third kappa shape index (κ3) is 7.88. The van der Waals surface area contributed by atoms with Gasteiger partial charge in [0.05, 0.1) is 11.5 Å². The van der Waals surface area contributed by atoms with Gasteiger partial charge in [0.25, 0.3) is 0 Å². The van der Waals surface area contributed by atoms with E-state index in [-0.39, 0.29) is 18.1 Å². The number of carbonyl (C=O) groups excluding carboxylic acids is 2. The quantitative estimate of drug-likeness (QED) is 0.715. The molecule has 0 aliphatic carbocycles. The van der Waals surface area contributed by atoms with Gasteiger partial charge >= 0.3 is 18.3 Å². The molecular weight excluding hydrogens is 345 g/mol. The number of rotatable bonds is 8. The van der Waals surface area contributed by atoms with Gasteiger partial charge in [-0.25, -0.2) is 4.79 Å². The predicted molar refractivity (Wildman–Crippen MR) is 79.8 cm³/mol. The van der Waals surface area contributed by atoms with Gasteiger partial charge in [-0.05, 0) is 30.7 Å². The van der Waals surface area contributed by atoms with E-state index in [2.05, 4.69) is 4.74 Å². The SMILES string of the molecule is CCC(C)C(=O)OCC(O)COC(=O)c1ccc(OC(F)(F)F)cc1. The smallest absolute Gasteiger partial charge is 0.463 e. The second-order valence-electron chi connectivity index (χ2n) is 5.26. The van der Waals surface area contributed by atoms with Gasteiger partial charge in [0.15, 0.2) is 0 Å². The second kappa shape index (κ2) is 9.26. The second-order valence-corrected chi connectivity index (χ2v) is 5.26. The van der Waals surface area contributed by atoms with E-state index < -0.39 is 36.8 Å². The monoisotopic (exact) mass is 364 g/mol. The molecule has 2 atom stereocenters. The molecule has 0 saturated carbocycles. The van der Waals surface area contributed by atoms with E-state index in [0.717, 1.165) is 24.3 Å². The van der Waals surface area contributed by atoms with Crippen molar-refractivity contribution in [3.8, 4) is 5.75 Å². The van der Waals surface area contributed by atoms with Crippen molar-refractivity contribution in [1.29, 1.82) is 0 Å². The van der Waals surface area contributed by atoms with E-state index in [1.54, 1.807) is 6.92 Å². The van der Waals surface area contributed by atoms with Gasteiger partial charge in [0, 0.05) is 0 Å². The molecule has 9 heteroatoms. The van der Waals surface area contributed by atoms with Gasteiger partial charge in [-0.15, -0.1) is 13.2 Å². The van der Waals surface area contributed by atoms with Crippen LogP contribution in [0.4, 0.5) is 13.2 Å². The van der Waals surface area contributed by atoms with Crippen LogP contribution in [0.2, 0.25) is 0 Å². The molecule has 2 unspecified atom stereocenters. The molecule has 25 heavy (non-hydrogen) atoms. The zero-order chi connectivity index (χ0) is 19.0. The zero-order valence-corrected chi connectivity index (χ0v) is 13.7. The van der Waals surface area contributed by atoms with Crippen LogP contribution in [-0.2, 0) is 14.3 Å². The van der Waals surface area contributed by atoms with Gasteiger partial charge in [-0.3, -0.25) is 4.79 Å². The van der Waals surface area contributed by atoms with Gasteiger partial charge in [0.2, 0.25) is 0 Å². The number of aliphatic hydroxyl groups excluding tert-OH is 1. The Morgan fingerprint density at radius 2 is 1.68 bits per heavy atom. The summed E-state index contributed by atoms with van der Waals surface area (Å²) in [6.07, 6.45) is -5.43. The number of aliphatic hydroxyl groups is 1. The Bertz CT molecular complexity index is 570. The number of benzene rings is 1. The first kappa shape index (κ1) is 20.8. The lowest BCUT2D eigenvalue weighted by Gasteiger charge is -2.14. The first-order valence-electron chi connectivity index (χ1n) is 7.50. The summed E-state index contributed by atoms with van der Waals surface area (Å²) < 4.78 is 49.4. The molecule has 0 saturated heterocycles. The Kier molecular flexibility index (Phi) is 7.69. The molecule has 0 aliphatic rings. The van der Waals surface area contributed by atoms with Crippen LogP contribution in [0.25, 0.3) is 0 Å². The summed E-state index contributed by atoms with van der Waals surface area (Å²) in [5, 5.41) is 9.62. The molecule has 0 amide bonds. The largest absolute Gasteiger partial charge is 0.573 e. The normalized spacial score (nSPS) is 13.7. The van der Waals surface area contributed by atoms with Crippen molar-refractivity contribution in [3.63, 3.8) is 0 Å². The minimum atomic E-state index is -4.82. The first-order valence-corrected chi connectivity index (χ1v) is 7.50. The predicted octanol–water partition coefficient (Wildman–Crippen LogP) is 2.69. The fourth-order valence-corrected chi connectivity index (χ4v) is 1.58. The molecular formula is C16H19F3O6. The highest BCUT2D eigenvalue weighted by atomic mass is 19.4. The molecule has 1 N–H and O–H groups in total. The highest BCUT2D eigenvalue weighted by Gasteiger charge is 2.31. The Hall–Kier alpha value is -2.29. The highest BCUT2D eigenvalue weighted by Crippen LogP contribution is 2.22. The van der Waals surface area contributed by atoms with Crippen molar-refractivity contribution < 1.29 is 42.1 Å². The number of hydrogen-bond donors (Lipinski definition) is 1. The molecule has 1 aromatic carbocycles. The highest BCUT2D eigenvalue weighted by molar-refractivity contribution is 5.89. The Balaban J connectivity index is 2.42. The van der Waals surface area contributed by atoms with E-state index in [4.69, 9.17) is 9.47 Å². The Morgan fingerprint density at radius 3 is 2.20 bits per heavy atom. The van der Waals surface area contributed by atoms with Crippen LogP contribution >= 0.6 is 0 Å². The minimum absolute atomic E-state index is 0.0154. The number of halogens is 3. The lowest BCUT2D eigenvalue weighted by Crippen LogP contribution is -2.27. The number of alkyl halides is 3. The number of ether oxygens (including phenoxy) is 3. The summed E-state index contributed by atoms with van der Waals surface area (Å²) in [7, 11) is 0. The van der Waals surface area contributed by atoms with Crippen LogP contribution in [0.15, 0.2) is 24.3 Å². The summed E-state index contributed by atoms with van der Waals surface area (Å²) in [4.78, 5) is 23.2. The average molecular weight is 364 g/mol. The van der Waals surface area contributed by atoms with Crippen molar-refractivity contribution in [2.24, 2.45) is 5.92 Å². The summed E-state index contributed by atoms with van der Waals surface area (Å²) in [6.45, 7) is 2.75. The summed E-state index contributed by atoms with van der Waals surface area (Å²) >= 11 is 0. The maximum Gasteiger partial charge on any atom is 0.573 e. The van der Waals surface area contributed by atoms with Crippen LogP contribution in [0.5, 0.6) is 5.75 Å². The van der Waals surface area contributed by atoms with Crippen molar-refractivity contribution in [3.05, 3.63) is 29.8 Å². The van der Waals surface area contributed by atoms with Gasteiger partial charge in [0.1, 0.15) is 25.1 Å². The maximum absolute atomic E-state index is 12.0. The van der Waals surface area contributed by atoms with Gasteiger partial charge in [-0.1, -0.05) is 13.8 Å². The molecule has 0 radical (unpaired) electrons. The third-order valence-electron chi connectivity index (χ3n) is 3.16. The van der Waals surface area contributed by atoms with Crippen molar-refractivity contribution >= 4 is 11.9 Å². The molecule has 0 heterocycles. The lowest BCUT2D eigenvalue weighted by molar-refractivity contribution is -0.274. The number of esters is 2. The van der Waals surface area contributed by atoms with Crippen molar-refractivity contribution in [2.75, 3.05) is 13.2 Å². The molecule has 140 valence electrons. The molecule has 0 spiro atoms. The average Bonchev–Trinajstić information content (AvgIpc) is 2.55. The summed E-state index contributed by atoms with van der Waals surface area (Å²) in [5.74, 6) is -2.08. The van der Waals surface area contributed by atoms with E-state index in [1.165, 1.54) is 0 Å². The van der Waals surface area contributed by atoms with Crippen LogP contribution in [0.1, 0.15) is 30.6 Å². The summed E-state index contributed by atoms with van der Waals surface area (Å²) in [6, 6.07) is 4.13. The number of hydrogen-bond acceptors (Lipinski definition) is 6. The fourth-order valence-electron chi connectivity index (χ4n) is 1.58. The topological polar surface area (TPSA) is 82.1 Å². The molecule has 1 aromatic rings. The van der Waals surface area contributed by atoms with E-state index >= 15 is 0 Å². The van der Waals surface area contributed by atoms with Gasteiger partial charge < -0.3 is 19.3 Å². The third-order valence-corrected chi connectivity index (χ3v) is 3.16. The Labute approximate surface area is 142 Å². The Morgan fingerprint density at radius 1 is 1.12 bits per heavy atom. The molecule has 0 fully saturated rings. The summed E-state index contributed by atoms with van der Waals surface area (Å²) in [5.41, 5.74) is -0.0154. The minimum Gasteiger partial charge on any atom is -0.463 e. The van der Waals surface area contributed by atoms with E-state index in [0.29, 0.717) is 6.42 Å². The molecule has 1 rings (SSSR count). The van der Waals surface area contributed by atoms with Crippen LogP contribution in [0, 0.1) is 5.92 Å². The van der Waals surface area contributed by atoms with E-state index in [9.17, 15) is 27.9 Å².